The van der Waals surface area contributed by atoms with Gasteiger partial charge >= 0.3 is 11.9 Å². The largest absolute Gasteiger partial charge is 0.459 e. The van der Waals surface area contributed by atoms with Gasteiger partial charge < -0.3 is 24.8 Å². The zero-order valence-electron chi connectivity index (χ0n) is 16.4. The van der Waals surface area contributed by atoms with Crippen LogP contribution in [0.15, 0.2) is 22.8 Å². The summed E-state index contributed by atoms with van der Waals surface area (Å²) in [6.07, 6.45) is -0.659. The molecule has 3 rings (SSSR count). The van der Waals surface area contributed by atoms with Crippen LogP contribution in [-0.4, -0.2) is 51.4 Å². The van der Waals surface area contributed by atoms with E-state index in [2.05, 4.69) is 0 Å². The number of aliphatic hydroxyl groups excluding tert-OH is 2. The summed E-state index contributed by atoms with van der Waals surface area (Å²) < 4.78 is 10.7. The van der Waals surface area contributed by atoms with Crippen molar-refractivity contribution < 1.29 is 34.4 Å². The average Bonchev–Trinajstić information content (AvgIpc) is 2.85. The first-order valence-electron chi connectivity index (χ1n) is 9.37. The highest BCUT2D eigenvalue weighted by Gasteiger charge is 2.69. The van der Waals surface area contributed by atoms with Crippen molar-refractivity contribution in [3.8, 4) is 0 Å². The van der Waals surface area contributed by atoms with E-state index in [1.165, 1.54) is 6.92 Å². The van der Waals surface area contributed by atoms with Crippen LogP contribution in [0.3, 0.4) is 0 Å². The second-order valence-corrected chi connectivity index (χ2v) is 8.26. The molecule has 0 bridgehead atoms. The summed E-state index contributed by atoms with van der Waals surface area (Å²) in [5, 5.41) is 33.2. The molecule has 7 nitrogen and oxygen atoms in total. The molecule has 7 unspecified atom stereocenters. The number of esters is 2. The first kappa shape index (κ1) is 20.0. The van der Waals surface area contributed by atoms with Crippen LogP contribution in [0.1, 0.15) is 47.5 Å². The van der Waals surface area contributed by atoms with E-state index in [0.29, 0.717) is 18.4 Å². The quantitative estimate of drug-likeness (QED) is 0.487. The topological polar surface area (TPSA) is 113 Å². The molecule has 3 N–H and O–H groups in total. The van der Waals surface area contributed by atoms with E-state index in [4.69, 9.17) is 9.47 Å². The lowest BCUT2D eigenvalue weighted by molar-refractivity contribution is -0.288. The van der Waals surface area contributed by atoms with Crippen molar-refractivity contribution >= 4 is 11.9 Å². The molecule has 0 aromatic heterocycles. The highest BCUT2D eigenvalue weighted by Crippen LogP contribution is 2.60. The molecule has 0 saturated heterocycles. The van der Waals surface area contributed by atoms with Crippen molar-refractivity contribution in [1.82, 2.24) is 0 Å². The zero-order valence-corrected chi connectivity index (χ0v) is 16.4. The van der Waals surface area contributed by atoms with E-state index >= 15 is 0 Å². The Morgan fingerprint density at radius 2 is 1.96 bits per heavy atom. The van der Waals surface area contributed by atoms with Gasteiger partial charge in [0.25, 0.3) is 5.79 Å². The molecule has 0 aromatic carbocycles. The highest BCUT2D eigenvalue weighted by molar-refractivity contribution is 5.93. The Balaban J connectivity index is 2.07. The fourth-order valence-electron chi connectivity index (χ4n) is 4.94. The lowest BCUT2D eigenvalue weighted by Crippen LogP contribution is -2.69. The number of rotatable bonds is 2. The molecule has 7 heteroatoms. The summed E-state index contributed by atoms with van der Waals surface area (Å²) in [7, 11) is 0. The fourth-order valence-corrected chi connectivity index (χ4v) is 4.94. The van der Waals surface area contributed by atoms with Crippen molar-refractivity contribution in [3.63, 3.8) is 0 Å². The van der Waals surface area contributed by atoms with E-state index in [-0.39, 0.29) is 17.1 Å². The van der Waals surface area contributed by atoms with Crippen LogP contribution in [0, 0.1) is 17.3 Å². The minimum atomic E-state index is -2.30. The van der Waals surface area contributed by atoms with Gasteiger partial charge in [-0.15, -0.1) is 0 Å². The number of carbonyl (C=O) groups is 2. The number of hydrogen-bond donors (Lipinski definition) is 3. The van der Waals surface area contributed by atoms with Crippen LogP contribution in [0.25, 0.3) is 0 Å². The molecule has 1 heterocycles. The first-order valence-corrected chi connectivity index (χ1v) is 9.37. The molecule has 1 aliphatic heterocycles. The van der Waals surface area contributed by atoms with Gasteiger partial charge in [-0.1, -0.05) is 19.9 Å². The Labute approximate surface area is 158 Å². The standard InChI is InChI=1S/C20H28O7/c1-6-9(2)17(23)26-12-8-7-10(3)19(5)14(12)16(22)20(25)13(15(19)21)11(4)18(24)27-20/h6,10,12,14-16,21-22,25H,7-8H2,1-5H3. The van der Waals surface area contributed by atoms with E-state index in [1.54, 1.807) is 26.8 Å². The Bertz CT molecular complexity index is 739. The van der Waals surface area contributed by atoms with E-state index in [1.807, 2.05) is 6.92 Å². The average molecular weight is 380 g/mol. The predicted octanol–water partition coefficient (Wildman–Crippen LogP) is 1.21. The molecule has 2 saturated carbocycles. The number of ether oxygens (including phenoxy) is 2. The van der Waals surface area contributed by atoms with Crippen LogP contribution in [0.5, 0.6) is 0 Å². The van der Waals surface area contributed by atoms with Crippen molar-refractivity contribution in [2.45, 2.75) is 71.6 Å². The Hall–Kier alpha value is -1.70. The summed E-state index contributed by atoms with van der Waals surface area (Å²) in [6, 6.07) is 0. The fraction of sp³-hybridized carbons (Fsp3) is 0.700. The monoisotopic (exact) mass is 380 g/mol. The van der Waals surface area contributed by atoms with Gasteiger partial charge in [-0.3, -0.25) is 0 Å². The van der Waals surface area contributed by atoms with Gasteiger partial charge in [-0.25, -0.2) is 9.59 Å². The maximum absolute atomic E-state index is 12.3. The molecule has 150 valence electrons. The lowest BCUT2D eigenvalue weighted by atomic mass is 9.50. The third kappa shape index (κ3) is 2.59. The molecule has 0 aromatic rings. The predicted molar refractivity (Wildman–Crippen MR) is 95.1 cm³/mol. The molecular formula is C20H28O7. The van der Waals surface area contributed by atoms with Gasteiger partial charge in [0.05, 0.1) is 6.10 Å². The normalized spacial score (nSPS) is 44.5. The van der Waals surface area contributed by atoms with E-state index in [0.717, 1.165) is 0 Å². The molecule has 2 fully saturated rings. The van der Waals surface area contributed by atoms with Crippen LogP contribution in [0.4, 0.5) is 0 Å². The summed E-state index contributed by atoms with van der Waals surface area (Å²) >= 11 is 0. The van der Waals surface area contributed by atoms with E-state index < -0.39 is 47.4 Å². The Kier molecular flexibility index (Phi) is 4.77. The number of carbonyl (C=O) groups excluding carboxylic acids is 2. The third-order valence-corrected chi connectivity index (χ3v) is 7.03. The summed E-state index contributed by atoms with van der Waals surface area (Å²) in [4.78, 5) is 24.4. The van der Waals surface area contributed by atoms with Gasteiger partial charge in [-0.2, -0.15) is 0 Å². The van der Waals surface area contributed by atoms with Crippen LogP contribution >= 0.6 is 0 Å². The van der Waals surface area contributed by atoms with Crippen molar-refractivity contribution in [2.24, 2.45) is 17.3 Å². The Morgan fingerprint density at radius 3 is 2.56 bits per heavy atom. The summed E-state index contributed by atoms with van der Waals surface area (Å²) in [5.41, 5.74) is -0.339. The van der Waals surface area contributed by atoms with Crippen molar-refractivity contribution in [2.75, 3.05) is 0 Å². The lowest BCUT2D eigenvalue weighted by Gasteiger charge is -2.59. The van der Waals surface area contributed by atoms with Crippen LogP contribution in [0.2, 0.25) is 0 Å². The molecule has 2 aliphatic carbocycles. The van der Waals surface area contributed by atoms with Crippen molar-refractivity contribution in [3.05, 3.63) is 22.8 Å². The second-order valence-electron chi connectivity index (χ2n) is 8.26. The number of fused-ring (bicyclic) bond motifs is 2. The van der Waals surface area contributed by atoms with Crippen LogP contribution in [-0.2, 0) is 19.1 Å². The van der Waals surface area contributed by atoms with Gasteiger partial charge in [0.1, 0.15) is 12.2 Å². The van der Waals surface area contributed by atoms with Crippen LogP contribution < -0.4 is 0 Å². The zero-order chi connectivity index (χ0) is 20.3. The molecular weight excluding hydrogens is 352 g/mol. The molecule has 7 atom stereocenters. The number of allylic oxidation sites excluding steroid dienone is 1. The minimum Gasteiger partial charge on any atom is -0.459 e. The second kappa shape index (κ2) is 6.43. The molecule has 0 amide bonds. The third-order valence-electron chi connectivity index (χ3n) is 7.03. The van der Waals surface area contributed by atoms with Gasteiger partial charge in [-0.05, 0) is 39.5 Å². The van der Waals surface area contributed by atoms with Crippen molar-refractivity contribution in [1.29, 1.82) is 0 Å². The maximum atomic E-state index is 12.3. The van der Waals surface area contributed by atoms with Gasteiger partial charge in [0.2, 0.25) is 0 Å². The summed E-state index contributed by atoms with van der Waals surface area (Å²) in [6.45, 7) is 8.59. The Morgan fingerprint density at radius 1 is 1.33 bits per heavy atom. The number of hydrogen-bond acceptors (Lipinski definition) is 7. The molecule has 27 heavy (non-hydrogen) atoms. The SMILES string of the molecule is CC=C(C)C(=O)OC1CCC(C)C2(C)C(O)C3=C(C)C(=O)OC3(O)C(O)C12. The first-order chi connectivity index (χ1) is 12.5. The number of aliphatic hydroxyl groups is 3. The van der Waals surface area contributed by atoms with Gasteiger partial charge in [0, 0.05) is 28.1 Å². The smallest absolute Gasteiger partial charge is 0.336 e. The molecule has 0 radical (unpaired) electrons. The van der Waals surface area contributed by atoms with Gasteiger partial charge in [0.15, 0.2) is 0 Å². The van der Waals surface area contributed by atoms with E-state index in [9.17, 15) is 24.9 Å². The molecule has 0 spiro atoms. The maximum Gasteiger partial charge on any atom is 0.336 e. The molecule has 3 aliphatic rings. The summed E-state index contributed by atoms with van der Waals surface area (Å²) in [5.74, 6) is -4.40. The minimum absolute atomic E-state index is 0.0159. The highest BCUT2D eigenvalue weighted by atomic mass is 16.7.